The maximum absolute atomic E-state index is 6.01. The molecule has 3 N–H and O–H groups in total. The number of benzene rings is 2. The third kappa shape index (κ3) is 2.51. The molecule has 0 saturated carbocycles. The van der Waals surface area contributed by atoms with Crippen molar-refractivity contribution in [1.29, 1.82) is 0 Å². The van der Waals surface area contributed by atoms with E-state index in [2.05, 4.69) is 27.5 Å². The molecule has 0 unspecified atom stereocenters. The van der Waals surface area contributed by atoms with E-state index in [0.717, 1.165) is 28.5 Å². The second-order valence-electron chi connectivity index (χ2n) is 4.58. The normalized spacial score (nSPS) is 10.6. The Labute approximate surface area is 122 Å². The first-order valence-electron chi connectivity index (χ1n) is 6.79. The molecule has 2 aromatic carbocycles. The fourth-order valence-electron chi connectivity index (χ4n) is 2.32. The Morgan fingerprint density at radius 3 is 2.71 bits per heavy atom. The number of nitrogens with zero attached hydrogens (tertiary/aromatic N) is 2. The van der Waals surface area contributed by atoms with E-state index in [4.69, 9.17) is 10.6 Å². The molecule has 0 aliphatic carbocycles. The van der Waals surface area contributed by atoms with Crippen molar-refractivity contribution in [2.45, 2.75) is 13.3 Å². The van der Waals surface area contributed by atoms with E-state index in [1.165, 1.54) is 6.33 Å². The molecule has 5 nitrogen and oxygen atoms in total. The van der Waals surface area contributed by atoms with Gasteiger partial charge >= 0.3 is 0 Å². The summed E-state index contributed by atoms with van der Waals surface area (Å²) < 4.78 is 6.01. The fraction of sp³-hybridized carbons (Fsp3) is 0.125. The highest BCUT2D eigenvalue weighted by Crippen LogP contribution is 2.32. The van der Waals surface area contributed by atoms with Gasteiger partial charge in [0.2, 0.25) is 5.88 Å². The summed E-state index contributed by atoms with van der Waals surface area (Å²) >= 11 is 0. The van der Waals surface area contributed by atoms with Gasteiger partial charge in [0.1, 0.15) is 17.9 Å². The molecule has 0 fully saturated rings. The highest BCUT2D eigenvalue weighted by Gasteiger charge is 2.12. The van der Waals surface area contributed by atoms with Crippen LogP contribution in [0.2, 0.25) is 0 Å². The number of ether oxygens (including phenoxy) is 1. The number of anilines is 1. The first-order chi connectivity index (χ1) is 10.3. The minimum Gasteiger partial charge on any atom is -0.438 e. The molecule has 1 heterocycles. The van der Waals surface area contributed by atoms with Gasteiger partial charge in [-0.05, 0) is 17.9 Å². The van der Waals surface area contributed by atoms with Gasteiger partial charge < -0.3 is 10.2 Å². The van der Waals surface area contributed by atoms with Gasteiger partial charge in [0.15, 0.2) is 0 Å². The lowest BCUT2D eigenvalue weighted by Gasteiger charge is -2.13. The Bertz CT molecular complexity index is 768. The van der Waals surface area contributed by atoms with Crippen LogP contribution in [-0.4, -0.2) is 9.97 Å². The summed E-state index contributed by atoms with van der Waals surface area (Å²) in [4.78, 5) is 8.34. The number of nitrogens with two attached hydrogens (primary N) is 1. The summed E-state index contributed by atoms with van der Waals surface area (Å²) in [7, 11) is 0. The molecule has 0 saturated heterocycles. The monoisotopic (exact) mass is 280 g/mol. The topological polar surface area (TPSA) is 73.1 Å². The Morgan fingerprint density at radius 1 is 1.10 bits per heavy atom. The fourth-order valence-corrected chi connectivity index (χ4v) is 2.32. The van der Waals surface area contributed by atoms with Crippen LogP contribution in [0.1, 0.15) is 12.5 Å². The van der Waals surface area contributed by atoms with E-state index in [1.54, 1.807) is 0 Å². The number of fused-ring (bicyclic) bond motifs is 1. The first-order valence-corrected chi connectivity index (χ1v) is 6.79. The van der Waals surface area contributed by atoms with Gasteiger partial charge in [-0.1, -0.05) is 43.3 Å². The Kier molecular flexibility index (Phi) is 3.66. The predicted molar refractivity (Wildman–Crippen MR) is 83.2 cm³/mol. The van der Waals surface area contributed by atoms with Crippen LogP contribution in [0, 0.1) is 0 Å². The number of aromatic nitrogens is 2. The highest BCUT2D eigenvalue weighted by atomic mass is 16.5. The molecule has 0 aliphatic rings. The molecule has 0 amide bonds. The zero-order valence-electron chi connectivity index (χ0n) is 11.7. The van der Waals surface area contributed by atoms with E-state index in [9.17, 15) is 0 Å². The van der Waals surface area contributed by atoms with Gasteiger partial charge in [0, 0.05) is 5.39 Å². The van der Waals surface area contributed by atoms with Crippen LogP contribution in [0.25, 0.3) is 10.8 Å². The summed E-state index contributed by atoms with van der Waals surface area (Å²) in [6.07, 6.45) is 2.16. The van der Waals surface area contributed by atoms with Gasteiger partial charge in [0.05, 0.1) is 5.56 Å². The number of hydrogen-bond acceptors (Lipinski definition) is 5. The molecule has 0 aliphatic heterocycles. The van der Waals surface area contributed by atoms with Crippen LogP contribution in [0.15, 0.2) is 48.8 Å². The Hall–Kier alpha value is -2.66. The van der Waals surface area contributed by atoms with Crippen LogP contribution in [0.5, 0.6) is 11.6 Å². The molecular weight excluding hydrogens is 264 g/mol. The average Bonchev–Trinajstić information content (AvgIpc) is 2.55. The van der Waals surface area contributed by atoms with Crippen molar-refractivity contribution < 1.29 is 4.74 Å². The zero-order valence-corrected chi connectivity index (χ0v) is 11.7. The summed E-state index contributed by atoms with van der Waals surface area (Å²) in [5.74, 6) is 7.36. The van der Waals surface area contributed by atoms with Crippen LogP contribution in [-0.2, 0) is 6.42 Å². The van der Waals surface area contributed by atoms with E-state index in [-0.39, 0.29) is 0 Å². The number of nitrogen functional groups attached to an aromatic ring is 1. The van der Waals surface area contributed by atoms with E-state index in [1.807, 2.05) is 37.3 Å². The van der Waals surface area contributed by atoms with Crippen molar-refractivity contribution in [3.8, 4) is 11.6 Å². The lowest BCUT2D eigenvalue weighted by Crippen LogP contribution is -2.12. The maximum Gasteiger partial charge on any atom is 0.227 e. The number of nitrogens with one attached hydrogen (secondary N) is 1. The molecule has 106 valence electrons. The summed E-state index contributed by atoms with van der Waals surface area (Å²) in [5, 5.41) is 2.17. The molecule has 0 radical (unpaired) electrons. The third-order valence-electron chi connectivity index (χ3n) is 3.35. The smallest absolute Gasteiger partial charge is 0.227 e. The molecule has 3 rings (SSSR count). The SMILES string of the molecule is CCc1c(NN)ncnc1Oc1cccc2ccccc12. The molecule has 0 atom stereocenters. The summed E-state index contributed by atoms with van der Waals surface area (Å²) in [6.45, 7) is 2.01. The Morgan fingerprint density at radius 2 is 1.90 bits per heavy atom. The van der Waals surface area contributed by atoms with E-state index in [0.29, 0.717) is 11.7 Å². The number of hydrazine groups is 1. The van der Waals surface area contributed by atoms with Crippen molar-refractivity contribution in [2.24, 2.45) is 5.84 Å². The van der Waals surface area contributed by atoms with Gasteiger partial charge in [0.25, 0.3) is 0 Å². The van der Waals surface area contributed by atoms with Gasteiger partial charge in [-0.15, -0.1) is 0 Å². The van der Waals surface area contributed by atoms with Gasteiger partial charge in [-0.3, -0.25) is 0 Å². The first kappa shape index (κ1) is 13.3. The van der Waals surface area contributed by atoms with Crippen LogP contribution in [0.3, 0.4) is 0 Å². The minimum atomic E-state index is 0.525. The number of rotatable bonds is 4. The summed E-state index contributed by atoms with van der Waals surface area (Å²) in [5.41, 5.74) is 3.43. The minimum absolute atomic E-state index is 0.525. The zero-order chi connectivity index (χ0) is 14.7. The predicted octanol–water partition coefficient (Wildman–Crippen LogP) is 3.27. The third-order valence-corrected chi connectivity index (χ3v) is 3.35. The van der Waals surface area contributed by atoms with Gasteiger partial charge in [-0.2, -0.15) is 0 Å². The molecular formula is C16H16N4O. The van der Waals surface area contributed by atoms with Crippen molar-refractivity contribution in [1.82, 2.24) is 9.97 Å². The second-order valence-corrected chi connectivity index (χ2v) is 4.58. The average molecular weight is 280 g/mol. The van der Waals surface area contributed by atoms with Gasteiger partial charge in [-0.25, -0.2) is 15.8 Å². The summed E-state index contributed by atoms with van der Waals surface area (Å²) in [6, 6.07) is 14.0. The van der Waals surface area contributed by atoms with Crippen LogP contribution >= 0.6 is 0 Å². The highest BCUT2D eigenvalue weighted by molar-refractivity contribution is 5.88. The van der Waals surface area contributed by atoms with E-state index < -0.39 is 0 Å². The molecule has 3 aromatic rings. The van der Waals surface area contributed by atoms with Crippen molar-refractivity contribution in [3.05, 3.63) is 54.4 Å². The largest absolute Gasteiger partial charge is 0.438 e. The van der Waals surface area contributed by atoms with Crippen molar-refractivity contribution in [3.63, 3.8) is 0 Å². The quantitative estimate of drug-likeness (QED) is 0.567. The molecule has 21 heavy (non-hydrogen) atoms. The lowest BCUT2D eigenvalue weighted by atomic mass is 10.1. The molecule has 5 heteroatoms. The number of hydrogen-bond donors (Lipinski definition) is 2. The van der Waals surface area contributed by atoms with Crippen molar-refractivity contribution in [2.75, 3.05) is 5.43 Å². The van der Waals surface area contributed by atoms with Crippen LogP contribution < -0.4 is 16.0 Å². The lowest BCUT2D eigenvalue weighted by molar-refractivity contribution is 0.460. The standard InChI is InChI=1S/C16H16N4O/c1-2-12-15(20-17)18-10-19-16(12)21-14-9-5-7-11-6-3-4-8-13(11)14/h3-10H,2,17H2,1H3,(H,18,19,20). The van der Waals surface area contributed by atoms with Crippen LogP contribution in [0.4, 0.5) is 5.82 Å². The molecule has 0 spiro atoms. The van der Waals surface area contributed by atoms with E-state index >= 15 is 0 Å². The van der Waals surface area contributed by atoms with Crippen molar-refractivity contribution >= 4 is 16.6 Å². The second kappa shape index (κ2) is 5.76. The maximum atomic E-state index is 6.01. The Balaban J connectivity index is 2.07. The molecule has 1 aromatic heterocycles. The molecule has 0 bridgehead atoms.